The van der Waals surface area contributed by atoms with Gasteiger partial charge in [0.15, 0.2) is 0 Å². The summed E-state index contributed by atoms with van der Waals surface area (Å²) in [5, 5.41) is 18.5. The summed E-state index contributed by atoms with van der Waals surface area (Å²) < 4.78 is 6.01. The van der Waals surface area contributed by atoms with E-state index in [1.807, 2.05) is 13.8 Å². The molecule has 7 heteroatoms. The third-order valence-electron chi connectivity index (χ3n) is 3.34. The quantitative estimate of drug-likeness (QED) is 0.851. The molecule has 116 valence electrons. The maximum absolute atomic E-state index is 11.3. The molecule has 1 aliphatic rings. The van der Waals surface area contributed by atoms with Crippen molar-refractivity contribution in [2.45, 2.75) is 39.2 Å². The average Bonchev–Trinajstić information content (AvgIpc) is 2.39. The number of morpholine rings is 1. The number of ether oxygens (including phenoxy) is 1. The van der Waals surface area contributed by atoms with Crippen LogP contribution in [0, 0.1) is 0 Å². The number of hydrogen-bond donors (Lipinski definition) is 2. The zero-order valence-corrected chi connectivity index (χ0v) is 13.6. The second-order valence-electron chi connectivity index (χ2n) is 5.34. The van der Waals surface area contributed by atoms with E-state index in [2.05, 4.69) is 25.8 Å². The fraction of sp³-hybridized carbons (Fsp3) is 0.571. The van der Waals surface area contributed by atoms with Gasteiger partial charge in [-0.15, -0.1) is 0 Å². The zero-order chi connectivity index (χ0) is 15.6. The third-order valence-corrected chi connectivity index (χ3v) is 4.23. The predicted molar refractivity (Wildman–Crippen MR) is 80.1 cm³/mol. The third kappa shape index (κ3) is 4.00. The van der Waals surface area contributed by atoms with Crippen LogP contribution in [0.3, 0.4) is 0 Å². The number of hydrogen-bond acceptors (Lipinski definition) is 5. The van der Waals surface area contributed by atoms with E-state index in [0.29, 0.717) is 22.4 Å². The summed E-state index contributed by atoms with van der Waals surface area (Å²) in [6, 6.07) is 1.55. The summed E-state index contributed by atoms with van der Waals surface area (Å²) in [5.74, 6) is -1.04. The second kappa shape index (κ2) is 6.83. The highest BCUT2D eigenvalue weighted by molar-refractivity contribution is 9.10. The highest BCUT2D eigenvalue weighted by Crippen LogP contribution is 2.23. The van der Waals surface area contributed by atoms with Gasteiger partial charge in [-0.25, -0.2) is 4.79 Å². The number of aromatic nitrogens is 1. The normalized spacial score (nSPS) is 23.2. The molecule has 2 atom stereocenters. The number of nitrogens with zero attached hydrogens (tertiary/aromatic N) is 2. The van der Waals surface area contributed by atoms with Crippen molar-refractivity contribution in [2.75, 3.05) is 13.1 Å². The van der Waals surface area contributed by atoms with Gasteiger partial charge in [-0.1, -0.05) is 0 Å². The summed E-state index contributed by atoms with van der Waals surface area (Å²) in [4.78, 5) is 17.8. The molecule has 6 nitrogen and oxygen atoms in total. The largest absolute Gasteiger partial charge is 0.478 e. The Labute approximate surface area is 131 Å². The topological polar surface area (TPSA) is 82.9 Å². The van der Waals surface area contributed by atoms with Crippen LogP contribution < -0.4 is 0 Å². The Kier molecular flexibility index (Phi) is 5.32. The van der Waals surface area contributed by atoms with Crippen LogP contribution in [0.5, 0.6) is 0 Å². The van der Waals surface area contributed by atoms with Crippen LogP contribution in [0.4, 0.5) is 0 Å². The van der Waals surface area contributed by atoms with Crippen LogP contribution in [0.2, 0.25) is 0 Å². The molecule has 2 N–H and O–H groups in total. The van der Waals surface area contributed by atoms with E-state index < -0.39 is 5.97 Å². The summed E-state index contributed by atoms with van der Waals surface area (Å²) in [5.41, 5.74) is 1.11. The Balaban J connectivity index is 2.23. The van der Waals surface area contributed by atoms with E-state index in [1.54, 1.807) is 6.07 Å². The monoisotopic (exact) mass is 358 g/mol. The predicted octanol–water partition coefficient (Wildman–Crippen LogP) is 1.64. The molecule has 0 amide bonds. The average molecular weight is 359 g/mol. The van der Waals surface area contributed by atoms with Crippen molar-refractivity contribution >= 4 is 21.9 Å². The van der Waals surface area contributed by atoms with E-state index in [9.17, 15) is 15.0 Å². The standard InChI is InChI=1S/C14H19BrN2O4/c1-8-4-17(5-9(2)21-8)6-10-3-11(14(19)20)13(15)12(7-18)16-10/h3,8-9,18H,4-7H2,1-2H3,(H,19,20)/t8-,9+. The van der Waals surface area contributed by atoms with Crippen molar-refractivity contribution in [1.82, 2.24) is 9.88 Å². The zero-order valence-electron chi connectivity index (χ0n) is 12.0. The molecule has 1 fully saturated rings. The second-order valence-corrected chi connectivity index (χ2v) is 6.13. The SMILES string of the molecule is C[C@@H]1CN(Cc2cc(C(=O)O)c(Br)c(CO)n2)C[C@H](C)O1. The van der Waals surface area contributed by atoms with Crippen LogP contribution >= 0.6 is 15.9 Å². The fourth-order valence-corrected chi connectivity index (χ4v) is 3.12. The van der Waals surface area contributed by atoms with Crippen LogP contribution in [0.1, 0.15) is 35.6 Å². The Morgan fingerprint density at radius 2 is 2.10 bits per heavy atom. The van der Waals surface area contributed by atoms with Gasteiger partial charge >= 0.3 is 5.97 Å². The molecule has 0 unspecified atom stereocenters. The molecule has 2 rings (SSSR count). The Bertz CT molecular complexity index is 528. The first kappa shape index (κ1) is 16.4. The Hall–Kier alpha value is -1.02. The first-order valence-corrected chi connectivity index (χ1v) is 7.60. The number of aliphatic hydroxyl groups excluding tert-OH is 1. The molecule has 2 heterocycles. The van der Waals surface area contributed by atoms with Gasteiger partial charge in [0.05, 0.1) is 40.2 Å². The lowest BCUT2D eigenvalue weighted by Crippen LogP contribution is -2.45. The molecule has 1 aliphatic heterocycles. The first-order chi connectivity index (χ1) is 9.90. The minimum Gasteiger partial charge on any atom is -0.478 e. The summed E-state index contributed by atoms with van der Waals surface area (Å²) in [6.07, 6.45) is 0.279. The van der Waals surface area contributed by atoms with Crippen molar-refractivity contribution in [2.24, 2.45) is 0 Å². The molecule has 0 aromatic carbocycles. The highest BCUT2D eigenvalue weighted by Gasteiger charge is 2.23. The number of pyridine rings is 1. The maximum atomic E-state index is 11.3. The maximum Gasteiger partial charge on any atom is 0.336 e. The van der Waals surface area contributed by atoms with Gasteiger partial charge in [-0.05, 0) is 35.8 Å². The summed E-state index contributed by atoms with van der Waals surface area (Å²) in [6.45, 7) is 5.82. The van der Waals surface area contributed by atoms with Crippen LogP contribution in [0.15, 0.2) is 10.5 Å². The van der Waals surface area contributed by atoms with Crippen molar-refractivity contribution < 1.29 is 19.7 Å². The Morgan fingerprint density at radius 3 is 2.62 bits per heavy atom. The summed E-state index contributed by atoms with van der Waals surface area (Å²) >= 11 is 3.18. The van der Waals surface area contributed by atoms with E-state index in [4.69, 9.17) is 4.74 Å². The van der Waals surface area contributed by atoms with E-state index in [-0.39, 0.29) is 24.4 Å². The lowest BCUT2D eigenvalue weighted by molar-refractivity contribution is -0.0708. The van der Waals surface area contributed by atoms with Gasteiger partial charge in [0.2, 0.25) is 0 Å². The van der Waals surface area contributed by atoms with Gasteiger partial charge in [0.1, 0.15) is 0 Å². The van der Waals surface area contributed by atoms with Crippen LogP contribution in [-0.2, 0) is 17.9 Å². The van der Waals surface area contributed by atoms with Gasteiger partial charge in [0.25, 0.3) is 0 Å². The molecule has 21 heavy (non-hydrogen) atoms. The lowest BCUT2D eigenvalue weighted by atomic mass is 10.1. The molecule has 0 bridgehead atoms. The lowest BCUT2D eigenvalue weighted by Gasteiger charge is -2.35. The first-order valence-electron chi connectivity index (χ1n) is 6.81. The number of rotatable bonds is 4. The highest BCUT2D eigenvalue weighted by atomic mass is 79.9. The molecular formula is C14H19BrN2O4. The van der Waals surface area contributed by atoms with Crippen molar-refractivity contribution in [3.8, 4) is 0 Å². The molecular weight excluding hydrogens is 340 g/mol. The van der Waals surface area contributed by atoms with Crippen LogP contribution in [0.25, 0.3) is 0 Å². The summed E-state index contributed by atoms with van der Waals surface area (Å²) in [7, 11) is 0. The molecule has 0 saturated carbocycles. The van der Waals surface area contributed by atoms with Gasteiger partial charge in [-0.3, -0.25) is 9.88 Å². The number of aliphatic hydroxyl groups is 1. The van der Waals surface area contributed by atoms with E-state index in [1.165, 1.54) is 0 Å². The molecule has 1 aromatic rings. The number of carbonyl (C=O) groups is 1. The number of aromatic carboxylic acids is 1. The van der Waals surface area contributed by atoms with Crippen molar-refractivity contribution in [3.05, 3.63) is 27.5 Å². The van der Waals surface area contributed by atoms with Crippen molar-refractivity contribution in [1.29, 1.82) is 0 Å². The molecule has 0 spiro atoms. The number of halogens is 1. The van der Waals surface area contributed by atoms with E-state index in [0.717, 1.165) is 13.1 Å². The van der Waals surface area contributed by atoms with Gasteiger partial charge in [0, 0.05) is 19.6 Å². The fourth-order valence-electron chi connectivity index (χ4n) is 2.62. The number of carboxylic acids is 1. The molecule has 0 aliphatic carbocycles. The number of carboxylic acid groups (broad SMARTS) is 1. The van der Waals surface area contributed by atoms with Gasteiger partial charge in [-0.2, -0.15) is 0 Å². The molecule has 0 radical (unpaired) electrons. The smallest absolute Gasteiger partial charge is 0.336 e. The van der Waals surface area contributed by atoms with E-state index >= 15 is 0 Å². The molecule has 1 saturated heterocycles. The van der Waals surface area contributed by atoms with Crippen molar-refractivity contribution in [3.63, 3.8) is 0 Å². The molecule has 1 aromatic heterocycles. The minimum atomic E-state index is -1.04. The van der Waals surface area contributed by atoms with Crippen LogP contribution in [-0.4, -0.2) is 51.4 Å². The Morgan fingerprint density at radius 1 is 1.48 bits per heavy atom. The van der Waals surface area contributed by atoms with Gasteiger partial charge < -0.3 is 14.9 Å². The minimum absolute atomic E-state index is 0.124.